The van der Waals surface area contributed by atoms with Crippen LogP contribution in [0.3, 0.4) is 0 Å². The van der Waals surface area contributed by atoms with E-state index in [1.807, 2.05) is 56.3 Å². The van der Waals surface area contributed by atoms with Crippen molar-refractivity contribution in [2.24, 2.45) is 0 Å². The highest BCUT2D eigenvalue weighted by molar-refractivity contribution is 6.07. The Morgan fingerprint density at radius 2 is 1.35 bits per heavy atom. The maximum Gasteiger partial charge on any atom is 0.255 e. The topological polar surface area (TPSA) is 58.2 Å². The SMILES string of the molecule is Cc1cccc(NC(=O)c2cccc(NC(=O)c3ccccc3C)c2)c1. The molecule has 2 amide bonds. The minimum Gasteiger partial charge on any atom is -0.322 e. The van der Waals surface area contributed by atoms with Crippen LogP contribution in [0.4, 0.5) is 11.4 Å². The average molecular weight is 344 g/mol. The molecule has 0 aliphatic heterocycles. The monoisotopic (exact) mass is 344 g/mol. The Morgan fingerprint density at radius 1 is 0.692 bits per heavy atom. The maximum absolute atomic E-state index is 12.5. The Labute approximate surface area is 152 Å². The third-order valence-corrected chi connectivity index (χ3v) is 4.05. The van der Waals surface area contributed by atoms with Gasteiger partial charge in [0.1, 0.15) is 0 Å². The quantitative estimate of drug-likeness (QED) is 0.714. The fraction of sp³-hybridized carbons (Fsp3) is 0.0909. The summed E-state index contributed by atoms with van der Waals surface area (Å²) in [5.41, 5.74) is 4.39. The van der Waals surface area contributed by atoms with Crippen LogP contribution in [0.15, 0.2) is 72.8 Å². The van der Waals surface area contributed by atoms with Gasteiger partial charge < -0.3 is 10.6 Å². The Kier molecular flexibility index (Phi) is 5.13. The summed E-state index contributed by atoms with van der Waals surface area (Å²) in [4.78, 5) is 24.9. The number of carbonyl (C=O) groups is 2. The van der Waals surface area contributed by atoms with Crippen molar-refractivity contribution in [3.63, 3.8) is 0 Å². The number of hydrogen-bond acceptors (Lipinski definition) is 2. The van der Waals surface area contributed by atoms with Gasteiger partial charge in [-0.3, -0.25) is 9.59 Å². The van der Waals surface area contributed by atoms with E-state index in [2.05, 4.69) is 10.6 Å². The molecule has 0 fully saturated rings. The molecule has 0 aliphatic carbocycles. The molecule has 0 heterocycles. The van der Waals surface area contributed by atoms with Gasteiger partial charge >= 0.3 is 0 Å². The van der Waals surface area contributed by atoms with E-state index < -0.39 is 0 Å². The summed E-state index contributed by atoms with van der Waals surface area (Å²) >= 11 is 0. The van der Waals surface area contributed by atoms with Gasteiger partial charge in [0.05, 0.1) is 0 Å². The van der Waals surface area contributed by atoms with E-state index in [-0.39, 0.29) is 11.8 Å². The minimum absolute atomic E-state index is 0.195. The minimum atomic E-state index is -0.220. The van der Waals surface area contributed by atoms with Crippen LogP contribution in [0.5, 0.6) is 0 Å². The lowest BCUT2D eigenvalue weighted by Crippen LogP contribution is -2.15. The van der Waals surface area contributed by atoms with Gasteiger partial charge in [-0.1, -0.05) is 36.4 Å². The average Bonchev–Trinajstić information content (AvgIpc) is 2.62. The van der Waals surface area contributed by atoms with Crippen molar-refractivity contribution >= 4 is 23.2 Å². The number of anilines is 2. The predicted octanol–water partition coefficient (Wildman–Crippen LogP) is 4.81. The van der Waals surface area contributed by atoms with E-state index in [1.54, 1.807) is 30.3 Å². The van der Waals surface area contributed by atoms with E-state index in [0.29, 0.717) is 16.8 Å². The first-order valence-corrected chi connectivity index (χ1v) is 8.38. The number of hydrogen-bond donors (Lipinski definition) is 2. The van der Waals surface area contributed by atoms with Crippen LogP contribution in [-0.4, -0.2) is 11.8 Å². The van der Waals surface area contributed by atoms with Gasteiger partial charge in [0.2, 0.25) is 0 Å². The van der Waals surface area contributed by atoms with E-state index in [0.717, 1.165) is 16.8 Å². The van der Waals surface area contributed by atoms with Crippen LogP contribution >= 0.6 is 0 Å². The summed E-state index contributed by atoms with van der Waals surface area (Å²) in [5.74, 6) is -0.415. The molecular formula is C22H20N2O2. The number of amides is 2. The summed E-state index contributed by atoms with van der Waals surface area (Å²) in [6.45, 7) is 3.86. The molecule has 0 unspecified atom stereocenters. The van der Waals surface area contributed by atoms with Crippen molar-refractivity contribution in [3.8, 4) is 0 Å². The van der Waals surface area contributed by atoms with E-state index >= 15 is 0 Å². The lowest BCUT2D eigenvalue weighted by Gasteiger charge is -2.10. The first-order valence-electron chi connectivity index (χ1n) is 8.38. The molecule has 0 radical (unpaired) electrons. The number of rotatable bonds is 4. The third-order valence-electron chi connectivity index (χ3n) is 4.05. The van der Waals surface area contributed by atoms with Crippen LogP contribution in [0.2, 0.25) is 0 Å². The van der Waals surface area contributed by atoms with Gasteiger partial charge in [-0.25, -0.2) is 0 Å². The van der Waals surface area contributed by atoms with Crippen molar-refractivity contribution in [3.05, 3.63) is 95.1 Å². The Balaban J connectivity index is 1.74. The molecular weight excluding hydrogens is 324 g/mol. The highest BCUT2D eigenvalue weighted by Crippen LogP contribution is 2.16. The van der Waals surface area contributed by atoms with Crippen molar-refractivity contribution in [1.82, 2.24) is 0 Å². The van der Waals surface area contributed by atoms with Crippen LogP contribution in [-0.2, 0) is 0 Å². The third kappa shape index (κ3) is 4.16. The number of nitrogens with one attached hydrogen (secondary N) is 2. The van der Waals surface area contributed by atoms with Crippen molar-refractivity contribution in [2.45, 2.75) is 13.8 Å². The largest absolute Gasteiger partial charge is 0.322 e. The van der Waals surface area contributed by atoms with E-state index in [4.69, 9.17) is 0 Å². The molecule has 26 heavy (non-hydrogen) atoms. The number of carbonyl (C=O) groups excluding carboxylic acids is 2. The highest BCUT2D eigenvalue weighted by Gasteiger charge is 2.11. The Morgan fingerprint density at radius 3 is 2.08 bits per heavy atom. The first-order chi connectivity index (χ1) is 12.5. The normalized spacial score (nSPS) is 10.2. The lowest BCUT2D eigenvalue weighted by atomic mass is 10.1. The lowest BCUT2D eigenvalue weighted by molar-refractivity contribution is 0.101. The first kappa shape index (κ1) is 17.4. The standard InChI is InChI=1S/C22H20N2O2/c1-15-7-5-10-18(13-15)23-21(25)17-9-6-11-19(14-17)24-22(26)20-12-4-3-8-16(20)2/h3-14H,1-2H3,(H,23,25)(H,24,26). The van der Waals surface area contributed by atoms with Gasteiger partial charge in [-0.15, -0.1) is 0 Å². The zero-order valence-electron chi connectivity index (χ0n) is 14.7. The van der Waals surface area contributed by atoms with Crippen molar-refractivity contribution in [2.75, 3.05) is 10.6 Å². The van der Waals surface area contributed by atoms with Gasteiger partial charge in [0.15, 0.2) is 0 Å². The molecule has 0 saturated heterocycles. The molecule has 4 heteroatoms. The van der Waals surface area contributed by atoms with Gasteiger partial charge in [-0.2, -0.15) is 0 Å². The zero-order chi connectivity index (χ0) is 18.5. The second kappa shape index (κ2) is 7.66. The smallest absolute Gasteiger partial charge is 0.255 e. The second-order valence-corrected chi connectivity index (χ2v) is 6.17. The summed E-state index contributed by atoms with van der Waals surface area (Å²) in [7, 11) is 0. The van der Waals surface area contributed by atoms with Gasteiger partial charge in [0, 0.05) is 22.5 Å². The molecule has 0 bridgehead atoms. The highest BCUT2D eigenvalue weighted by atomic mass is 16.2. The Bertz CT molecular complexity index is 964. The molecule has 0 atom stereocenters. The van der Waals surface area contributed by atoms with Crippen LogP contribution in [0.1, 0.15) is 31.8 Å². The summed E-state index contributed by atoms with van der Waals surface area (Å²) in [6, 6.07) is 21.9. The molecule has 0 saturated carbocycles. The fourth-order valence-corrected chi connectivity index (χ4v) is 2.69. The molecule has 4 nitrogen and oxygen atoms in total. The summed E-state index contributed by atoms with van der Waals surface area (Å²) < 4.78 is 0. The molecule has 3 aromatic carbocycles. The van der Waals surface area contributed by atoms with Crippen LogP contribution in [0.25, 0.3) is 0 Å². The summed E-state index contributed by atoms with van der Waals surface area (Å²) in [6.07, 6.45) is 0. The maximum atomic E-state index is 12.5. The van der Waals surface area contributed by atoms with Crippen molar-refractivity contribution < 1.29 is 9.59 Å². The zero-order valence-corrected chi connectivity index (χ0v) is 14.7. The molecule has 0 aliphatic rings. The Hall–Kier alpha value is -3.40. The predicted molar refractivity (Wildman–Crippen MR) is 105 cm³/mol. The summed E-state index contributed by atoms with van der Waals surface area (Å²) in [5, 5.41) is 5.72. The number of benzene rings is 3. The van der Waals surface area contributed by atoms with Gasteiger partial charge in [-0.05, 0) is 61.4 Å². The van der Waals surface area contributed by atoms with Crippen LogP contribution in [0, 0.1) is 13.8 Å². The molecule has 3 aromatic rings. The van der Waals surface area contributed by atoms with Crippen molar-refractivity contribution in [1.29, 1.82) is 0 Å². The van der Waals surface area contributed by atoms with Gasteiger partial charge in [0.25, 0.3) is 11.8 Å². The fourth-order valence-electron chi connectivity index (χ4n) is 2.69. The molecule has 0 aromatic heterocycles. The molecule has 2 N–H and O–H groups in total. The molecule has 0 spiro atoms. The second-order valence-electron chi connectivity index (χ2n) is 6.17. The number of aryl methyl sites for hydroxylation is 2. The molecule has 130 valence electrons. The van der Waals surface area contributed by atoms with E-state index in [1.165, 1.54) is 0 Å². The van der Waals surface area contributed by atoms with Crippen LogP contribution < -0.4 is 10.6 Å². The van der Waals surface area contributed by atoms with E-state index in [9.17, 15) is 9.59 Å². The molecule has 3 rings (SSSR count).